The van der Waals surface area contributed by atoms with Crippen LogP contribution in [0.25, 0.3) is 11.6 Å². The van der Waals surface area contributed by atoms with Crippen LogP contribution in [-0.2, 0) is 4.74 Å². The van der Waals surface area contributed by atoms with Gasteiger partial charge in [0.1, 0.15) is 15.9 Å². The van der Waals surface area contributed by atoms with Crippen LogP contribution in [0.15, 0.2) is 48.8 Å². The molecule has 0 spiro atoms. The minimum absolute atomic E-state index is 0.0259. The second-order valence-electron chi connectivity index (χ2n) is 17.4. The van der Waals surface area contributed by atoms with Crippen LogP contribution in [0.3, 0.4) is 0 Å². The summed E-state index contributed by atoms with van der Waals surface area (Å²) < 4.78 is 20.4. The second kappa shape index (κ2) is 18.8. The van der Waals surface area contributed by atoms with Gasteiger partial charge in [-0.3, -0.25) is 0 Å². The quantitative estimate of drug-likeness (QED) is 0.0855. The van der Waals surface area contributed by atoms with Gasteiger partial charge in [0.15, 0.2) is 11.6 Å². The molecule has 1 N–H and O–H groups in total. The topological polar surface area (TPSA) is 143 Å². The zero-order chi connectivity index (χ0) is 40.8. The molecule has 8 rings (SSSR count). The van der Waals surface area contributed by atoms with Crippen LogP contribution >= 0.6 is 23.2 Å². The molecule has 58 heavy (non-hydrogen) atoms. The fraction of sp³-hybridized carbons (Fsp3) is 0.591. The second-order valence-corrected chi connectivity index (χ2v) is 18.1. The number of carboxylic acid groups (broad SMARTS) is 1. The van der Waals surface area contributed by atoms with Crippen molar-refractivity contribution in [3.05, 3.63) is 70.2 Å². The van der Waals surface area contributed by atoms with Crippen LogP contribution in [0.2, 0.25) is 10.3 Å². The number of pyridine rings is 2. The predicted octanol–water partition coefficient (Wildman–Crippen LogP) is 10.5. The summed E-state index contributed by atoms with van der Waals surface area (Å²) in [5, 5.41) is 17.9. The number of ether oxygens (including phenoxy) is 3. The maximum absolute atomic E-state index is 12.3. The van der Waals surface area contributed by atoms with E-state index in [1.807, 2.05) is 26.8 Å². The summed E-state index contributed by atoms with van der Waals surface area (Å²) in [6.07, 6.45) is 22.4. The third kappa shape index (κ3) is 10.5. The van der Waals surface area contributed by atoms with Gasteiger partial charge in [0.25, 0.3) is 0 Å². The molecular formula is C44H56Cl2N6O6. The summed E-state index contributed by atoms with van der Waals surface area (Å²) in [4.78, 5) is 31.7. The Kier molecular flexibility index (Phi) is 13.6. The molecule has 4 aromatic heterocycles. The average molecular weight is 836 g/mol. The normalized spacial score (nSPS) is 17.4. The molecular weight excluding hydrogens is 779 g/mol. The highest BCUT2D eigenvalue weighted by Crippen LogP contribution is 2.47. The standard InChI is InChI=1S/C24H32ClN3O3.C20H24ClN3O3/c1-24(2,3)31-23(29)19-10-11-20(26-22(19)25)28-14-12-21(27-28)30-15-13-18(16-6-4-7-16)17-8-5-9-17;21-19-16(20(25)26)7-8-17(22-19)24-11-9-18(23-24)27-12-10-15(13-3-1-4-13)14-5-2-6-14/h10-12,14,16-18H,4-9,13,15H2,1-3H3;7-9,11,13-15H,1-6,10,12H2,(H,25,26). The summed E-state index contributed by atoms with van der Waals surface area (Å²) >= 11 is 12.2. The molecule has 0 radical (unpaired) electrons. The summed E-state index contributed by atoms with van der Waals surface area (Å²) in [6, 6.07) is 9.95. The first-order valence-electron chi connectivity index (χ1n) is 21.1. The molecule has 0 unspecified atom stereocenters. The fourth-order valence-electron chi connectivity index (χ4n) is 8.56. The SMILES string of the molecule is CC(C)(C)OC(=O)c1ccc(-n2ccc(OCCC(C3CCC3)C3CCC3)n2)nc1Cl.O=C(O)c1ccc(-n2ccc(OCCC(C3CCC3)C3CCC3)n2)nc1Cl. The molecule has 0 atom stereocenters. The van der Waals surface area contributed by atoms with Crippen molar-refractivity contribution in [1.82, 2.24) is 29.5 Å². The average Bonchev–Trinajstić information content (AvgIpc) is 3.75. The number of carbonyl (C=O) groups excluding carboxylic acids is 1. The van der Waals surface area contributed by atoms with Crippen LogP contribution in [0.5, 0.6) is 11.8 Å². The lowest BCUT2D eigenvalue weighted by Crippen LogP contribution is -2.33. The van der Waals surface area contributed by atoms with Crippen molar-refractivity contribution in [2.75, 3.05) is 13.2 Å². The summed E-state index contributed by atoms with van der Waals surface area (Å²) in [6.45, 7) is 6.81. The van der Waals surface area contributed by atoms with Crippen LogP contribution < -0.4 is 9.47 Å². The molecule has 0 amide bonds. The first-order valence-corrected chi connectivity index (χ1v) is 21.8. The molecule has 0 bridgehead atoms. The van der Waals surface area contributed by atoms with Gasteiger partial charge in [0.2, 0.25) is 11.8 Å². The zero-order valence-electron chi connectivity index (χ0n) is 33.8. The Balaban J connectivity index is 0.000000178. The number of carboxylic acids is 1. The van der Waals surface area contributed by atoms with Crippen molar-refractivity contribution in [3.8, 4) is 23.4 Å². The smallest absolute Gasteiger partial charge is 0.341 e. The monoisotopic (exact) mass is 834 g/mol. The van der Waals surface area contributed by atoms with Gasteiger partial charge >= 0.3 is 11.9 Å². The first-order chi connectivity index (χ1) is 27.9. The van der Waals surface area contributed by atoms with E-state index >= 15 is 0 Å². The van der Waals surface area contributed by atoms with E-state index in [0.29, 0.717) is 36.6 Å². The van der Waals surface area contributed by atoms with Gasteiger partial charge in [-0.1, -0.05) is 100 Å². The lowest BCUT2D eigenvalue weighted by atomic mass is 9.63. The van der Waals surface area contributed by atoms with Gasteiger partial charge in [0, 0.05) is 24.5 Å². The summed E-state index contributed by atoms with van der Waals surface area (Å²) in [7, 11) is 0. The lowest BCUT2D eigenvalue weighted by molar-refractivity contribution is 0.00690. The number of carbonyl (C=O) groups is 2. The van der Waals surface area contributed by atoms with Gasteiger partial charge < -0.3 is 19.3 Å². The van der Waals surface area contributed by atoms with Crippen LogP contribution in [0, 0.1) is 35.5 Å². The van der Waals surface area contributed by atoms with E-state index in [2.05, 4.69) is 20.2 Å². The predicted molar refractivity (Wildman–Crippen MR) is 221 cm³/mol. The Morgan fingerprint density at radius 2 is 1.07 bits per heavy atom. The van der Waals surface area contributed by atoms with E-state index in [4.69, 9.17) is 42.5 Å². The molecule has 12 nitrogen and oxygen atoms in total. The molecule has 4 aliphatic rings. The third-order valence-corrected chi connectivity index (χ3v) is 13.1. The van der Waals surface area contributed by atoms with E-state index in [0.717, 1.165) is 48.3 Å². The largest absolute Gasteiger partial charge is 0.478 e. The fourth-order valence-corrected chi connectivity index (χ4v) is 9.01. The molecule has 4 saturated carbocycles. The summed E-state index contributed by atoms with van der Waals surface area (Å²) in [5.74, 6) is 5.74. The van der Waals surface area contributed by atoms with Crippen molar-refractivity contribution in [2.24, 2.45) is 35.5 Å². The van der Waals surface area contributed by atoms with Gasteiger partial charge in [-0.15, -0.1) is 10.2 Å². The Hall–Kier alpha value is -4.16. The molecule has 4 fully saturated rings. The van der Waals surface area contributed by atoms with Crippen LogP contribution in [0.4, 0.5) is 0 Å². The highest BCUT2D eigenvalue weighted by molar-refractivity contribution is 6.32. The maximum Gasteiger partial charge on any atom is 0.341 e. The Bertz CT molecular complexity index is 1980. The number of aromatic nitrogens is 6. The van der Waals surface area contributed by atoms with Gasteiger partial charge in [-0.25, -0.2) is 28.9 Å². The first kappa shape index (κ1) is 42.0. The molecule has 4 aliphatic carbocycles. The number of aromatic carboxylic acids is 1. The lowest BCUT2D eigenvalue weighted by Gasteiger charge is -2.42. The molecule has 4 heterocycles. The Labute approximate surface area is 351 Å². The van der Waals surface area contributed by atoms with Crippen molar-refractivity contribution in [1.29, 1.82) is 0 Å². The summed E-state index contributed by atoms with van der Waals surface area (Å²) in [5.41, 5.74) is -0.382. The van der Waals surface area contributed by atoms with Gasteiger partial charge in [-0.05, 0) is 93.4 Å². The highest BCUT2D eigenvalue weighted by Gasteiger charge is 2.37. The van der Waals surface area contributed by atoms with Gasteiger partial charge in [0.05, 0.1) is 24.3 Å². The molecule has 4 aromatic rings. The van der Waals surface area contributed by atoms with Crippen LogP contribution in [-0.4, -0.2) is 65.4 Å². The Morgan fingerprint density at radius 3 is 1.40 bits per heavy atom. The van der Waals surface area contributed by atoms with Crippen LogP contribution in [0.1, 0.15) is 131 Å². The van der Waals surface area contributed by atoms with Crippen molar-refractivity contribution >= 4 is 35.1 Å². The Morgan fingerprint density at radius 1 is 0.672 bits per heavy atom. The molecule has 0 aromatic carbocycles. The number of esters is 1. The van der Waals surface area contributed by atoms with Crippen molar-refractivity contribution in [2.45, 2.75) is 116 Å². The number of hydrogen-bond donors (Lipinski definition) is 1. The number of hydrogen-bond acceptors (Lipinski definition) is 9. The van der Waals surface area contributed by atoms with Crippen molar-refractivity contribution < 1.29 is 28.9 Å². The maximum atomic E-state index is 12.3. The van der Waals surface area contributed by atoms with E-state index < -0.39 is 17.5 Å². The van der Waals surface area contributed by atoms with Gasteiger partial charge in [-0.2, -0.15) is 0 Å². The zero-order valence-corrected chi connectivity index (χ0v) is 35.3. The highest BCUT2D eigenvalue weighted by atomic mass is 35.5. The van der Waals surface area contributed by atoms with Crippen molar-refractivity contribution in [3.63, 3.8) is 0 Å². The van der Waals surface area contributed by atoms with E-state index in [-0.39, 0.29) is 21.4 Å². The molecule has 312 valence electrons. The molecule has 0 aliphatic heterocycles. The minimum atomic E-state index is -1.10. The minimum Gasteiger partial charge on any atom is -0.478 e. The number of rotatable bonds is 16. The van der Waals surface area contributed by atoms with E-state index in [9.17, 15) is 9.59 Å². The van der Waals surface area contributed by atoms with E-state index in [1.54, 1.807) is 46.0 Å². The third-order valence-electron chi connectivity index (χ3n) is 12.5. The molecule has 14 heteroatoms. The van der Waals surface area contributed by atoms with E-state index in [1.165, 1.54) is 83.1 Å². The number of nitrogens with zero attached hydrogens (tertiary/aromatic N) is 6. The molecule has 0 saturated heterocycles. The number of halogens is 2.